The second kappa shape index (κ2) is 7.99. The van der Waals surface area contributed by atoms with Crippen LogP contribution in [-0.4, -0.2) is 14.8 Å². The lowest BCUT2D eigenvalue weighted by atomic mass is 10.0. The lowest BCUT2D eigenvalue weighted by molar-refractivity contribution is 0.901. The molecule has 0 N–H and O–H groups in total. The number of halogens is 2. The van der Waals surface area contributed by atoms with Crippen LogP contribution in [0.5, 0.6) is 0 Å². The van der Waals surface area contributed by atoms with Crippen LogP contribution in [-0.2, 0) is 0 Å². The number of benzene rings is 3. The number of rotatable bonds is 3. The van der Waals surface area contributed by atoms with Gasteiger partial charge < -0.3 is 0 Å². The second-order valence-corrected chi connectivity index (χ2v) is 8.33. The third-order valence-corrected chi connectivity index (χ3v) is 5.80. The summed E-state index contributed by atoms with van der Waals surface area (Å²) < 4.78 is 2.82. The van der Waals surface area contributed by atoms with Gasteiger partial charge in [-0.15, -0.1) is 0 Å². The van der Waals surface area contributed by atoms with Gasteiger partial charge in [-0.05, 0) is 42.5 Å². The fraction of sp³-hybridized carbons (Fsp3) is 0. The van der Waals surface area contributed by atoms with E-state index >= 15 is 0 Å². The van der Waals surface area contributed by atoms with Crippen LogP contribution in [0.15, 0.2) is 89.4 Å². The maximum Gasteiger partial charge on any atom is 0.164 e. The molecule has 0 spiro atoms. The zero-order chi connectivity index (χ0) is 21.4. The van der Waals surface area contributed by atoms with Crippen molar-refractivity contribution in [2.24, 2.45) is 0 Å². The van der Waals surface area contributed by atoms with Crippen molar-refractivity contribution in [3.05, 3.63) is 100.0 Å². The molecule has 5 aromatic rings. The number of hydrogen-bond acceptors (Lipinski definition) is 3. The summed E-state index contributed by atoms with van der Waals surface area (Å²) in [7, 11) is 0. The Morgan fingerprint density at radius 3 is 2.16 bits per heavy atom. The monoisotopic (exact) mass is 484 g/mol. The first-order valence-electron chi connectivity index (χ1n) is 9.55. The van der Waals surface area contributed by atoms with Crippen molar-refractivity contribution in [1.82, 2.24) is 14.8 Å². The first-order chi connectivity index (χ1) is 15.1. The standard InChI is InChI=1S/C25H14BrClN4/c26-19-10-6-17(7-11-19)24-22-14-18(15-28)23(16-8-12-20(27)13-9-16)29-25(22)31(30-24)21-4-2-1-3-5-21/h1-14H. The Balaban J connectivity index is 1.83. The molecule has 0 aliphatic rings. The van der Waals surface area contributed by atoms with Gasteiger partial charge in [-0.25, -0.2) is 9.67 Å². The summed E-state index contributed by atoms with van der Waals surface area (Å²) in [6.07, 6.45) is 0. The summed E-state index contributed by atoms with van der Waals surface area (Å²) in [4.78, 5) is 4.91. The average molecular weight is 486 g/mol. The van der Waals surface area contributed by atoms with E-state index in [-0.39, 0.29) is 0 Å². The quantitative estimate of drug-likeness (QED) is 0.275. The number of aromatic nitrogens is 3. The highest BCUT2D eigenvalue weighted by Crippen LogP contribution is 2.33. The number of para-hydroxylation sites is 1. The Labute approximate surface area is 192 Å². The molecule has 0 atom stereocenters. The van der Waals surface area contributed by atoms with Gasteiger partial charge in [0, 0.05) is 26.0 Å². The van der Waals surface area contributed by atoms with Gasteiger partial charge in [-0.3, -0.25) is 0 Å². The minimum Gasteiger partial charge on any atom is -0.227 e. The summed E-state index contributed by atoms with van der Waals surface area (Å²) in [6, 6.07) is 29.3. The van der Waals surface area contributed by atoms with Crippen molar-refractivity contribution in [3.63, 3.8) is 0 Å². The molecule has 31 heavy (non-hydrogen) atoms. The average Bonchev–Trinajstić information content (AvgIpc) is 3.18. The van der Waals surface area contributed by atoms with Gasteiger partial charge in [0.1, 0.15) is 11.8 Å². The van der Waals surface area contributed by atoms with Crippen molar-refractivity contribution in [3.8, 4) is 34.3 Å². The van der Waals surface area contributed by atoms with E-state index in [2.05, 4.69) is 22.0 Å². The molecule has 0 unspecified atom stereocenters. The van der Waals surface area contributed by atoms with Gasteiger partial charge in [0.15, 0.2) is 5.65 Å². The molecule has 0 fully saturated rings. The number of hydrogen-bond donors (Lipinski definition) is 0. The Morgan fingerprint density at radius 1 is 0.839 bits per heavy atom. The zero-order valence-electron chi connectivity index (χ0n) is 16.1. The predicted molar refractivity (Wildman–Crippen MR) is 127 cm³/mol. The van der Waals surface area contributed by atoms with E-state index in [0.29, 0.717) is 21.9 Å². The van der Waals surface area contributed by atoms with Crippen LogP contribution in [0.25, 0.3) is 39.2 Å². The van der Waals surface area contributed by atoms with E-state index in [1.165, 1.54) is 0 Å². The Bertz CT molecular complexity index is 1430. The molecule has 0 bridgehead atoms. The highest BCUT2D eigenvalue weighted by molar-refractivity contribution is 9.10. The van der Waals surface area contributed by atoms with E-state index in [9.17, 15) is 5.26 Å². The molecule has 3 aromatic carbocycles. The van der Waals surface area contributed by atoms with Crippen LogP contribution in [0, 0.1) is 11.3 Å². The normalized spacial score (nSPS) is 10.9. The van der Waals surface area contributed by atoms with Crippen LogP contribution in [0.4, 0.5) is 0 Å². The number of nitriles is 1. The molecule has 0 radical (unpaired) electrons. The minimum absolute atomic E-state index is 0.487. The summed E-state index contributed by atoms with van der Waals surface area (Å²) in [5, 5.41) is 16.2. The topological polar surface area (TPSA) is 54.5 Å². The molecule has 5 rings (SSSR count). The highest BCUT2D eigenvalue weighted by Gasteiger charge is 2.19. The van der Waals surface area contributed by atoms with Gasteiger partial charge in [0.25, 0.3) is 0 Å². The van der Waals surface area contributed by atoms with Crippen molar-refractivity contribution in [2.75, 3.05) is 0 Å². The molecule has 0 amide bonds. The van der Waals surface area contributed by atoms with Crippen LogP contribution in [0.2, 0.25) is 5.02 Å². The van der Waals surface area contributed by atoms with Gasteiger partial charge in [0.2, 0.25) is 0 Å². The Kier molecular flexibility index (Phi) is 5.03. The van der Waals surface area contributed by atoms with Crippen LogP contribution >= 0.6 is 27.5 Å². The maximum absolute atomic E-state index is 9.87. The van der Waals surface area contributed by atoms with Gasteiger partial charge >= 0.3 is 0 Å². The maximum atomic E-state index is 9.87. The molecule has 2 heterocycles. The van der Waals surface area contributed by atoms with Crippen molar-refractivity contribution >= 4 is 38.6 Å². The first kappa shape index (κ1) is 19.5. The van der Waals surface area contributed by atoms with Crippen molar-refractivity contribution in [1.29, 1.82) is 5.26 Å². The van der Waals surface area contributed by atoms with E-state index in [4.69, 9.17) is 21.7 Å². The van der Waals surface area contributed by atoms with E-state index in [1.54, 1.807) is 12.1 Å². The molecular weight excluding hydrogens is 472 g/mol. The fourth-order valence-electron chi connectivity index (χ4n) is 3.52. The predicted octanol–water partition coefficient (Wildman–Crippen LogP) is 7.04. The van der Waals surface area contributed by atoms with Crippen LogP contribution in [0.3, 0.4) is 0 Å². The molecule has 0 aliphatic carbocycles. The number of fused-ring (bicyclic) bond motifs is 1. The van der Waals surface area contributed by atoms with Crippen molar-refractivity contribution in [2.45, 2.75) is 0 Å². The minimum atomic E-state index is 0.487. The molecule has 6 heteroatoms. The number of pyridine rings is 1. The highest BCUT2D eigenvalue weighted by atomic mass is 79.9. The third-order valence-electron chi connectivity index (χ3n) is 5.01. The summed E-state index contributed by atoms with van der Waals surface area (Å²) in [5.41, 5.74) is 5.23. The lowest BCUT2D eigenvalue weighted by Gasteiger charge is -2.07. The van der Waals surface area contributed by atoms with Crippen LogP contribution < -0.4 is 0 Å². The molecular formula is C25H14BrClN4. The van der Waals surface area contributed by atoms with E-state index < -0.39 is 0 Å². The number of nitrogens with zero attached hydrogens (tertiary/aromatic N) is 4. The molecule has 0 saturated carbocycles. The molecule has 148 valence electrons. The fourth-order valence-corrected chi connectivity index (χ4v) is 3.91. The summed E-state index contributed by atoms with van der Waals surface area (Å²) in [5.74, 6) is 0. The van der Waals surface area contributed by atoms with Gasteiger partial charge in [-0.1, -0.05) is 70.0 Å². The molecule has 0 aliphatic heterocycles. The molecule has 4 nitrogen and oxygen atoms in total. The zero-order valence-corrected chi connectivity index (χ0v) is 18.5. The molecule has 2 aromatic heterocycles. The van der Waals surface area contributed by atoms with E-state index in [1.807, 2.05) is 77.5 Å². The smallest absolute Gasteiger partial charge is 0.164 e. The SMILES string of the molecule is N#Cc1cc2c(-c3ccc(Br)cc3)nn(-c3ccccc3)c2nc1-c1ccc(Cl)cc1. The Hall–Kier alpha value is -3.46. The van der Waals surface area contributed by atoms with E-state index in [0.717, 1.165) is 32.4 Å². The van der Waals surface area contributed by atoms with Crippen LogP contribution in [0.1, 0.15) is 5.56 Å². The largest absolute Gasteiger partial charge is 0.227 e. The third kappa shape index (κ3) is 3.61. The Morgan fingerprint density at radius 2 is 1.48 bits per heavy atom. The summed E-state index contributed by atoms with van der Waals surface area (Å²) >= 11 is 9.54. The molecule has 0 saturated heterocycles. The van der Waals surface area contributed by atoms with Crippen molar-refractivity contribution < 1.29 is 0 Å². The second-order valence-electron chi connectivity index (χ2n) is 6.98. The summed E-state index contributed by atoms with van der Waals surface area (Å²) in [6.45, 7) is 0. The first-order valence-corrected chi connectivity index (χ1v) is 10.7. The lowest BCUT2D eigenvalue weighted by Crippen LogP contribution is -1.99. The van der Waals surface area contributed by atoms with Gasteiger partial charge in [0.05, 0.1) is 16.9 Å². The van der Waals surface area contributed by atoms with Gasteiger partial charge in [-0.2, -0.15) is 10.4 Å².